The summed E-state index contributed by atoms with van der Waals surface area (Å²) in [7, 11) is 0. The highest BCUT2D eigenvalue weighted by atomic mass is 35.5. The Morgan fingerprint density at radius 3 is 3.00 bits per heavy atom. The van der Waals surface area contributed by atoms with Gasteiger partial charge in [0.25, 0.3) is 0 Å². The van der Waals surface area contributed by atoms with Crippen LogP contribution in [0.4, 0.5) is 0 Å². The molecule has 4 nitrogen and oxygen atoms in total. The summed E-state index contributed by atoms with van der Waals surface area (Å²) in [4.78, 5) is 16.7. The molecule has 0 atom stereocenters. The maximum Gasteiger partial charge on any atom is 0.303 e. The van der Waals surface area contributed by atoms with Gasteiger partial charge in [0.1, 0.15) is 5.15 Å². The summed E-state index contributed by atoms with van der Waals surface area (Å²) in [5, 5.41) is 8.79. The number of aliphatic carboxylic acids is 1. The quantitative estimate of drug-likeness (QED) is 0.600. The first-order valence-electron chi connectivity index (χ1n) is 3.55. The van der Waals surface area contributed by atoms with Gasteiger partial charge in [-0.1, -0.05) is 11.6 Å². The third-order valence-electron chi connectivity index (χ3n) is 1.44. The van der Waals surface area contributed by atoms with Crippen molar-refractivity contribution in [3.8, 4) is 0 Å². The Labute approximate surface area is 84.6 Å². The summed E-state index contributed by atoms with van der Waals surface area (Å²) >= 11 is 10.5. The van der Waals surface area contributed by atoms with Gasteiger partial charge < -0.3 is 10.1 Å². The van der Waals surface area contributed by atoms with E-state index in [1.54, 1.807) is 0 Å². The molecule has 1 aromatic rings. The highest BCUT2D eigenvalue weighted by Crippen LogP contribution is 2.12. The zero-order chi connectivity index (χ0) is 9.84. The maximum absolute atomic E-state index is 10.3. The molecule has 1 heterocycles. The van der Waals surface area contributed by atoms with E-state index >= 15 is 0 Å². The summed E-state index contributed by atoms with van der Waals surface area (Å²) in [5.41, 5.74) is 0.665. The molecule has 6 heteroatoms. The number of aromatic nitrogens is 2. The van der Waals surface area contributed by atoms with Crippen LogP contribution in [0.2, 0.25) is 5.15 Å². The van der Waals surface area contributed by atoms with E-state index in [4.69, 9.17) is 28.9 Å². The minimum Gasteiger partial charge on any atom is -0.481 e. The first-order chi connectivity index (χ1) is 6.09. The first kappa shape index (κ1) is 10.1. The molecule has 13 heavy (non-hydrogen) atoms. The average molecular weight is 219 g/mol. The summed E-state index contributed by atoms with van der Waals surface area (Å²) in [6.45, 7) is 0. The Hall–Kier alpha value is -0.940. The number of aromatic amines is 1. The fourth-order valence-electron chi connectivity index (χ4n) is 0.816. The van der Waals surface area contributed by atoms with Gasteiger partial charge in [0.05, 0.1) is 0 Å². The van der Waals surface area contributed by atoms with E-state index in [1.165, 1.54) is 6.20 Å². The monoisotopic (exact) mass is 218 g/mol. The number of carboxylic acid groups (broad SMARTS) is 1. The van der Waals surface area contributed by atoms with Gasteiger partial charge in [-0.3, -0.25) is 4.79 Å². The second kappa shape index (κ2) is 4.34. The molecule has 0 bridgehead atoms. The fraction of sp³-hybridized carbons (Fsp3) is 0.286. The minimum atomic E-state index is -0.862. The Balaban J connectivity index is 2.78. The Morgan fingerprint density at radius 1 is 1.77 bits per heavy atom. The van der Waals surface area contributed by atoms with Gasteiger partial charge >= 0.3 is 5.97 Å². The predicted molar refractivity (Wildman–Crippen MR) is 50.4 cm³/mol. The standard InChI is InChI=1S/C7H7ClN2O2S/c8-6-4(1-2-5(11)12)3-9-7(13)10-6/h3H,1-2H2,(H,11,12)(H,9,10,13). The molecule has 70 valence electrons. The van der Waals surface area contributed by atoms with Crippen LogP contribution in [0, 0.1) is 4.77 Å². The van der Waals surface area contributed by atoms with E-state index in [0.29, 0.717) is 21.9 Å². The number of nitrogens with zero attached hydrogens (tertiary/aromatic N) is 1. The van der Waals surface area contributed by atoms with Crippen LogP contribution in [0.5, 0.6) is 0 Å². The molecule has 0 fully saturated rings. The van der Waals surface area contributed by atoms with Crippen molar-refractivity contribution in [1.29, 1.82) is 0 Å². The van der Waals surface area contributed by atoms with Crippen molar-refractivity contribution >= 4 is 29.8 Å². The van der Waals surface area contributed by atoms with E-state index in [1.807, 2.05) is 0 Å². The fourth-order valence-corrected chi connectivity index (χ4v) is 1.26. The van der Waals surface area contributed by atoms with E-state index < -0.39 is 5.97 Å². The number of carboxylic acids is 1. The number of aryl methyl sites for hydroxylation is 1. The summed E-state index contributed by atoms with van der Waals surface area (Å²) < 4.78 is 0.295. The van der Waals surface area contributed by atoms with Crippen molar-refractivity contribution in [3.05, 3.63) is 21.7 Å². The number of hydrogen-bond acceptors (Lipinski definition) is 3. The van der Waals surface area contributed by atoms with Gasteiger partial charge in [-0.15, -0.1) is 0 Å². The molecular weight excluding hydrogens is 212 g/mol. The highest BCUT2D eigenvalue weighted by Gasteiger charge is 2.03. The lowest BCUT2D eigenvalue weighted by molar-refractivity contribution is -0.136. The van der Waals surface area contributed by atoms with Gasteiger partial charge in [-0.05, 0) is 18.6 Å². The van der Waals surface area contributed by atoms with Gasteiger partial charge in [-0.25, -0.2) is 4.98 Å². The Kier molecular flexibility index (Phi) is 3.39. The number of hydrogen-bond donors (Lipinski definition) is 2. The zero-order valence-electron chi connectivity index (χ0n) is 6.58. The van der Waals surface area contributed by atoms with Gasteiger partial charge in [0.15, 0.2) is 4.77 Å². The molecule has 0 saturated carbocycles. The number of halogens is 1. The largest absolute Gasteiger partial charge is 0.481 e. The highest BCUT2D eigenvalue weighted by molar-refractivity contribution is 7.71. The Morgan fingerprint density at radius 2 is 2.46 bits per heavy atom. The SMILES string of the molecule is O=C(O)CCc1cnc(=S)[nH]c1Cl. The van der Waals surface area contributed by atoms with E-state index in [9.17, 15) is 4.79 Å². The summed E-state index contributed by atoms with van der Waals surface area (Å²) in [5.74, 6) is -0.862. The molecule has 0 aromatic carbocycles. The predicted octanol–water partition coefficient (Wildman–Crippen LogP) is 1.81. The van der Waals surface area contributed by atoms with E-state index in [0.717, 1.165) is 0 Å². The van der Waals surface area contributed by atoms with Crippen molar-refractivity contribution in [2.75, 3.05) is 0 Å². The van der Waals surface area contributed by atoms with Crippen molar-refractivity contribution < 1.29 is 9.90 Å². The molecule has 0 spiro atoms. The van der Waals surface area contributed by atoms with Crippen LogP contribution < -0.4 is 0 Å². The van der Waals surface area contributed by atoms with E-state index in [-0.39, 0.29) is 6.42 Å². The van der Waals surface area contributed by atoms with Crippen LogP contribution in [-0.2, 0) is 11.2 Å². The molecule has 2 N–H and O–H groups in total. The van der Waals surface area contributed by atoms with Crippen molar-refractivity contribution in [3.63, 3.8) is 0 Å². The normalized spacial score (nSPS) is 9.92. The number of H-pyrrole nitrogens is 1. The Bertz CT molecular complexity index is 377. The average Bonchev–Trinajstić information content (AvgIpc) is 2.02. The molecule has 0 aliphatic rings. The molecule has 0 amide bonds. The molecule has 0 radical (unpaired) electrons. The number of carbonyl (C=O) groups is 1. The zero-order valence-corrected chi connectivity index (χ0v) is 8.15. The van der Waals surface area contributed by atoms with Crippen LogP contribution in [0.1, 0.15) is 12.0 Å². The molecule has 0 unspecified atom stereocenters. The van der Waals surface area contributed by atoms with Crippen LogP contribution in [0.3, 0.4) is 0 Å². The van der Waals surface area contributed by atoms with Crippen molar-refractivity contribution in [2.24, 2.45) is 0 Å². The number of nitrogens with one attached hydrogen (secondary N) is 1. The lowest BCUT2D eigenvalue weighted by Gasteiger charge is -2.00. The second-order valence-corrected chi connectivity index (χ2v) is 3.19. The van der Waals surface area contributed by atoms with E-state index in [2.05, 4.69) is 9.97 Å². The second-order valence-electron chi connectivity index (χ2n) is 2.42. The maximum atomic E-state index is 10.3. The lowest BCUT2D eigenvalue weighted by atomic mass is 10.2. The van der Waals surface area contributed by atoms with Gasteiger partial charge in [-0.2, -0.15) is 0 Å². The van der Waals surface area contributed by atoms with Gasteiger partial charge in [0.2, 0.25) is 0 Å². The summed E-state index contributed by atoms with van der Waals surface area (Å²) in [6.07, 6.45) is 1.88. The van der Waals surface area contributed by atoms with Crippen LogP contribution in [0.15, 0.2) is 6.20 Å². The molecule has 1 aromatic heterocycles. The summed E-state index contributed by atoms with van der Waals surface area (Å²) in [6, 6.07) is 0. The van der Waals surface area contributed by atoms with Crippen molar-refractivity contribution in [2.45, 2.75) is 12.8 Å². The van der Waals surface area contributed by atoms with Crippen LogP contribution in [-0.4, -0.2) is 21.0 Å². The van der Waals surface area contributed by atoms with Crippen LogP contribution >= 0.6 is 23.8 Å². The van der Waals surface area contributed by atoms with Crippen molar-refractivity contribution in [1.82, 2.24) is 9.97 Å². The minimum absolute atomic E-state index is 0.0337. The van der Waals surface area contributed by atoms with Crippen LogP contribution in [0.25, 0.3) is 0 Å². The topological polar surface area (TPSA) is 66.0 Å². The molecule has 1 rings (SSSR count). The molecular formula is C7H7ClN2O2S. The molecule has 0 aliphatic heterocycles. The van der Waals surface area contributed by atoms with Gasteiger partial charge in [0, 0.05) is 18.2 Å². The first-order valence-corrected chi connectivity index (χ1v) is 4.33. The third kappa shape index (κ3) is 3.12. The molecule has 0 aliphatic carbocycles. The lowest BCUT2D eigenvalue weighted by Crippen LogP contribution is -1.99. The number of rotatable bonds is 3. The third-order valence-corrected chi connectivity index (χ3v) is 1.99. The smallest absolute Gasteiger partial charge is 0.303 e. The molecule has 0 saturated heterocycles.